The molecule has 136 valence electrons. The van der Waals surface area contributed by atoms with Crippen LogP contribution in [0.3, 0.4) is 0 Å². The van der Waals surface area contributed by atoms with Crippen LogP contribution < -0.4 is 4.74 Å². The molecule has 25 heavy (non-hydrogen) atoms. The second-order valence-corrected chi connectivity index (χ2v) is 8.02. The third kappa shape index (κ3) is 3.65. The predicted molar refractivity (Wildman–Crippen MR) is 96.4 cm³/mol. The fourth-order valence-electron chi connectivity index (χ4n) is 3.56. The summed E-state index contributed by atoms with van der Waals surface area (Å²) >= 11 is 0. The van der Waals surface area contributed by atoms with E-state index in [4.69, 9.17) is 4.74 Å². The zero-order valence-electron chi connectivity index (χ0n) is 15.6. The summed E-state index contributed by atoms with van der Waals surface area (Å²) in [6, 6.07) is 8.05. The number of hydrogen-bond acceptors (Lipinski definition) is 3. The Morgan fingerprint density at radius 3 is 2.48 bits per heavy atom. The van der Waals surface area contributed by atoms with Crippen LogP contribution in [-0.2, 0) is 16.0 Å². The minimum atomic E-state index is -0.226. The molecule has 0 saturated carbocycles. The van der Waals surface area contributed by atoms with Crippen LogP contribution in [0.4, 0.5) is 0 Å². The molecule has 2 saturated heterocycles. The number of benzene rings is 1. The number of rotatable bonds is 4. The van der Waals surface area contributed by atoms with E-state index in [1.807, 2.05) is 48.8 Å². The second-order valence-electron chi connectivity index (χ2n) is 8.02. The third-order valence-corrected chi connectivity index (χ3v) is 5.09. The van der Waals surface area contributed by atoms with Crippen molar-refractivity contribution in [2.75, 3.05) is 19.6 Å². The van der Waals surface area contributed by atoms with Gasteiger partial charge in [0.2, 0.25) is 11.8 Å². The third-order valence-electron chi connectivity index (χ3n) is 5.09. The molecule has 2 amide bonds. The van der Waals surface area contributed by atoms with Gasteiger partial charge in [-0.2, -0.15) is 0 Å². The van der Waals surface area contributed by atoms with Gasteiger partial charge >= 0.3 is 0 Å². The molecule has 5 nitrogen and oxygen atoms in total. The predicted octanol–water partition coefficient (Wildman–Crippen LogP) is 2.49. The van der Waals surface area contributed by atoms with Crippen LogP contribution in [0.2, 0.25) is 0 Å². The van der Waals surface area contributed by atoms with Gasteiger partial charge in [0.05, 0.1) is 19.0 Å². The van der Waals surface area contributed by atoms with Gasteiger partial charge in [0, 0.05) is 18.5 Å². The number of para-hydroxylation sites is 1. The monoisotopic (exact) mass is 344 g/mol. The van der Waals surface area contributed by atoms with Crippen LogP contribution in [0.25, 0.3) is 0 Å². The van der Waals surface area contributed by atoms with Crippen LogP contribution >= 0.6 is 0 Å². The SMILES string of the molecule is CCc1ccccc1OC1CN(C(=O)C2CC(=O)N(C(C)(C)C)C2)C1. The first-order valence-corrected chi connectivity index (χ1v) is 9.13. The van der Waals surface area contributed by atoms with Gasteiger partial charge in [0.1, 0.15) is 11.9 Å². The number of hydrogen-bond donors (Lipinski definition) is 0. The Hall–Kier alpha value is -2.04. The molecule has 0 aliphatic carbocycles. The normalized spacial score (nSPS) is 21.4. The second kappa shape index (κ2) is 6.70. The van der Waals surface area contributed by atoms with Crippen molar-refractivity contribution in [3.05, 3.63) is 29.8 Å². The highest BCUT2D eigenvalue weighted by Crippen LogP contribution is 2.29. The van der Waals surface area contributed by atoms with Gasteiger partial charge in [-0.05, 0) is 38.8 Å². The number of likely N-dealkylation sites (tertiary alicyclic amines) is 2. The summed E-state index contributed by atoms with van der Waals surface area (Å²) in [7, 11) is 0. The van der Waals surface area contributed by atoms with E-state index in [-0.39, 0.29) is 29.4 Å². The van der Waals surface area contributed by atoms with E-state index < -0.39 is 0 Å². The van der Waals surface area contributed by atoms with E-state index in [9.17, 15) is 9.59 Å². The topological polar surface area (TPSA) is 49.9 Å². The van der Waals surface area contributed by atoms with Gasteiger partial charge in [-0.15, -0.1) is 0 Å². The first-order valence-electron chi connectivity index (χ1n) is 9.13. The average molecular weight is 344 g/mol. The molecule has 0 aromatic heterocycles. The minimum absolute atomic E-state index is 0.0486. The Morgan fingerprint density at radius 1 is 1.20 bits per heavy atom. The fraction of sp³-hybridized carbons (Fsp3) is 0.600. The van der Waals surface area contributed by atoms with E-state index in [2.05, 4.69) is 13.0 Å². The van der Waals surface area contributed by atoms with Crippen molar-refractivity contribution in [3.63, 3.8) is 0 Å². The zero-order chi connectivity index (χ0) is 18.2. The molecule has 2 aliphatic rings. The number of aryl methyl sites for hydroxylation is 1. The lowest BCUT2D eigenvalue weighted by molar-refractivity contribution is -0.144. The lowest BCUT2D eigenvalue weighted by Gasteiger charge is -2.40. The molecule has 2 heterocycles. The Morgan fingerprint density at radius 2 is 1.88 bits per heavy atom. The van der Waals surface area contributed by atoms with Crippen molar-refractivity contribution >= 4 is 11.8 Å². The summed E-state index contributed by atoms with van der Waals surface area (Å²) in [6.45, 7) is 9.89. The molecule has 2 aliphatic heterocycles. The maximum absolute atomic E-state index is 12.7. The molecule has 3 rings (SSSR count). The standard InChI is InChI=1S/C20H28N2O3/c1-5-14-8-6-7-9-17(14)25-16-12-21(13-16)19(24)15-10-18(23)22(11-15)20(2,3)4/h6-9,15-16H,5,10-13H2,1-4H3. The first-order chi connectivity index (χ1) is 11.8. The molecule has 5 heteroatoms. The van der Waals surface area contributed by atoms with Crippen molar-refractivity contribution in [1.29, 1.82) is 0 Å². The summed E-state index contributed by atoms with van der Waals surface area (Å²) in [6.07, 6.45) is 1.31. The lowest BCUT2D eigenvalue weighted by Crippen LogP contribution is -2.58. The van der Waals surface area contributed by atoms with Crippen molar-refractivity contribution in [2.45, 2.75) is 52.2 Å². The maximum atomic E-state index is 12.7. The minimum Gasteiger partial charge on any atom is -0.486 e. The Bertz CT molecular complexity index is 659. The van der Waals surface area contributed by atoms with Gasteiger partial charge in [0.25, 0.3) is 0 Å². The lowest BCUT2D eigenvalue weighted by atomic mass is 10.0. The molecule has 1 aromatic carbocycles. The van der Waals surface area contributed by atoms with Crippen LogP contribution in [0.5, 0.6) is 5.75 Å². The number of carbonyl (C=O) groups is 2. The highest BCUT2D eigenvalue weighted by molar-refractivity contribution is 5.90. The Labute approximate surface area is 149 Å². The van der Waals surface area contributed by atoms with Crippen LogP contribution in [0.1, 0.15) is 39.7 Å². The van der Waals surface area contributed by atoms with E-state index in [1.165, 1.54) is 5.56 Å². The van der Waals surface area contributed by atoms with Gasteiger partial charge < -0.3 is 14.5 Å². The molecule has 0 spiro atoms. The smallest absolute Gasteiger partial charge is 0.228 e. The van der Waals surface area contributed by atoms with Crippen molar-refractivity contribution in [2.24, 2.45) is 5.92 Å². The van der Waals surface area contributed by atoms with Crippen molar-refractivity contribution in [1.82, 2.24) is 9.80 Å². The van der Waals surface area contributed by atoms with Gasteiger partial charge in [-0.3, -0.25) is 9.59 Å². The highest BCUT2D eigenvalue weighted by Gasteiger charge is 2.43. The quantitative estimate of drug-likeness (QED) is 0.843. The van der Waals surface area contributed by atoms with Crippen molar-refractivity contribution in [3.8, 4) is 5.75 Å². The number of nitrogens with zero attached hydrogens (tertiary/aromatic N) is 2. The van der Waals surface area contributed by atoms with E-state index in [1.54, 1.807) is 0 Å². The summed E-state index contributed by atoms with van der Waals surface area (Å²) in [5.41, 5.74) is 0.964. The van der Waals surface area contributed by atoms with Crippen molar-refractivity contribution < 1.29 is 14.3 Å². The average Bonchev–Trinajstić information content (AvgIpc) is 2.92. The molecule has 1 aromatic rings. The Kier molecular flexibility index (Phi) is 4.76. The van der Waals surface area contributed by atoms with E-state index in [0.717, 1.165) is 12.2 Å². The van der Waals surface area contributed by atoms with Gasteiger partial charge in [-0.1, -0.05) is 25.1 Å². The van der Waals surface area contributed by atoms with Gasteiger partial charge in [0.15, 0.2) is 0 Å². The first kappa shape index (κ1) is 17.8. The summed E-state index contributed by atoms with van der Waals surface area (Å²) in [4.78, 5) is 28.5. The number of ether oxygens (including phenoxy) is 1. The molecule has 0 N–H and O–H groups in total. The number of amides is 2. The Balaban J connectivity index is 1.53. The maximum Gasteiger partial charge on any atom is 0.228 e. The highest BCUT2D eigenvalue weighted by atomic mass is 16.5. The molecular formula is C20H28N2O3. The molecule has 1 unspecified atom stereocenters. The fourth-order valence-corrected chi connectivity index (χ4v) is 3.56. The van der Waals surface area contributed by atoms with Crippen LogP contribution in [0, 0.1) is 5.92 Å². The van der Waals surface area contributed by atoms with Crippen LogP contribution in [0.15, 0.2) is 24.3 Å². The van der Waals surface area contributed by atoms with E-state index in [0.29, 0.717) is 26.1 Å². The molecule has 0 bridgehead atoms. The molecule has 1 atom stereocenters. The molecule has 0 radical (unpaired) electrons. The summed E-state index contributed by atoms with van der Waals surface area (Å²) in [5, 5.41) is 0. The molecule has 2 fully saturated rings. The van der Waals surface area contributed by atoms with Crippen LogP contribution in [-0.4, -0.2) is 52.9 Å². The summed E-state index contributed by atoms with van der Waals surface area (Å²) in [5.74, 6) is 0.868. The van der Waals surface area contributed by atoms with E-state index >= 15 is 0 Å². The van der Waals surface area contributed by atoms with Gasteiger partial charge in [-0.25, -0.2) is 0 Å². The zero-order valence-corrected chi connectivity index (χ0v) is 15.6. The number of carbonyl (C=O) groups excluding carboxylic acids is 2. The molecular weight excluding hydrogens is 316 g/mol. The largest absolute Gasteiger partial charge is 0.486 e. The summed E-state index contributed by atoms with van der Waals surface area (Å²) < 4.78 is 6.04.